The molecule has 33 heavy (non-hydrogen) atoms. The SMILES string of the molecule is O=C(N[C@@]1(C(=O)O)C[C@H]1CN(Cc1ccccc1)Cc1ccccc1)OCc1ccccc1. The topological polar surface area (TPSA) is 78.9 Å². The number of hydrogen-bond acceptors (Lipinski definition) is 4. The lowest BCUT2D eigenvalue weighted by Gasteiger charge is -2.24. The van der Waals surface area contributed by atoms with Crippen molar-refractivity contribution < 1.29 is 19.4 Å². The summed E-state index contributed by atoms with van der Waals surface area (Å²) in [5.74, 6) is -1.23. The van der Waals surface area contributed by atoms with Crippen LogP contribution in [0.3, 0.4) is 0 Å². The number of carbonyl (C=O) groups is 2. The molecule has 0 spiro atoms. The monoisotopic (exact) mass is 444 g/mol. The van der Waals surface area contributed by atoms with Crippen molar-refractivity contribution >= 4 is 12.1 Å². The highest BCUT2D eigenvalue weighted by molar-refractivity contribution is 5.88. The molecule has 4 rings (SSSR count). The van der Waals surface area contributed by atoms with E-state index in [0.29, 0.717) is 26.1 Å². The van der Waals surface area contributed by atoms with Gasteiger partial charge in [0, 0.05) is 25.6 Å². The summed E-state index contributed by atoms with van der Waals surface area (Å²) in [4.78, 5) is 26.7. The van der Waals surface area contributed by atoms with Crippen LogP contribution in [0.4, 0.5) is 4.79 Å². The number of alkyl carbamates (subject to hydrolysis) is 1. The molecule has 3 aromatic carbocycles. The molecule has 1 aliphatic rings. The minimum absolute atomic E-state index is 0.0984. The molecule has 0 saturated heterocycles. The Bertz CT molecular complexity index is 1020. The predicted octanol–water partition coefficient (Wildman–Crippen LogP) is 4.46. The molecule has 0 aromatic heterocycles. The van der Waals surface area contributed by atoms with Crippen LogP contribution in [0.25, 0.3) is 0 Å². The third-order valence-electron chi connectivity index (χ3n) is 6.00. The zero-order valence-corrected chi connectivity index (χ0v) is 18.4. The summed E-state index contributed by atoms with van der Waals surface area (Å²) >= 11 is 0. The fraction of sp³-hybridized carbons (Fsp3) is 0.259. The molecule has 0 heterocycles. The van der Waals surface area contributed by atoms with Crippen molar-refractivity contribution in [3.05, 3.63) is 108 Å². The van der Waals surface area contributed by atoms with Gasteiger partial charge in [-0.05, 0) is 23.1 Å². The number of rotatable bonds is 10. The summed E-state index contributed by atoms with van der Waals surface area (Å²) < 4.78 is 5.27. The molecule has 1 amide bonds. The van der Waals surface area contributed by atoms with Crippen molar-refractivity contribution in [1.29, 1.82) is 0 Å². The van der Waals surface area contributed by atoms with Crippen molar-refractivity contribution in [3.8, 4) is 0 Å². The molecule has 1 fully saturated rings. The number of hydrogen-bond donors (Lipinski definition) is 2. The first kappa shape index (κ1) is 22.6. The van der Waals surface area contributed by atoms with E-state index in [2.05, 4.69) is 34.5 Å². The third kappa shape index (κ3) is 5.99. The number of aliphatic carboxylic acids is 1. The van der Waals surface area contributed by atoms with E-state index in [1.54, 1.807) is 0 Å². The second kappa shape index (κ2) is 10.3. The molecule has 0 unspecified atom stereocenters. The Balaban J connectivity index is 1.40. The van der Waals surface area contributed by atoms with Crippen LogP contribution in [0.2, 0.25) is 0 Å². The van der Waals surface area contributed by atoms with E-state index in [4.69, 9.17) is 4.74 Å². The summed E-state index contributed by atoms with van der Waals surface area (Å²) in [5, 5.41) is 12.5. The molecule has 1 aliphatic carbocycles. The molecule has 6 nitrogen and oxygen atoms in total. The number of carbonyl (C=O) groups excluding carboxylic acids is 1. The Kier molecular flexibility index (Phi) is 7.05. The summed E-state index contributed by atoms with van der Waals surface area (Å²) in [7, 11) is 0. The highest BCUT2D eigenvalue weighted by atomic mass is 16.5. The molecular weight excluding hydrogens is 416 g/mol. The van der Waals surface area contributed by atoms with Crippen molar-refractivity contribution in [1.82, 2.24) is 10.2 Å². The van der Waals surface area contributed by atoms with Gasteiger partial charge in [-0.3, -0.25) is 4.90 Å². The number of ether oxygens (including phenoxy) is 1. The summed E-state index contributed by atoms with van der Waals surface area (Å²) in [6.45, 7) is 2.04. The largest absolute Gasteiger partial charge is 0.479 e. The quantitative estimate of drug-likeness (QED) is 0.483. The summed E-state index contributed by atoms with van der Waals surface area (Å²) in [5.41, 5.74) is 1.87. The van der Waals surface area contributed by atoms with E-state index < -0.39 is 17.6 Å². The number of nitrogens with zero attached hydrogens (tertiary/aromatic N) is 1. The molecule has 2 atom stereocenters. The highest BCUT2D eigenvalue weighted by Crippen LogP contribution is 2.44. The smallest absolute Gasteiger partial charge is 0.408 e. The third-order valence-corrected chi connectivity index (χ3v) is 6.00. The number of carboxylic acid groups (broad SMARTS) is 1. The lowest BCUT2D eigenvalue weighted by molar-refractivity contribution is -0.141. The standard InChI is InChI=1S/C27H28N2O4/c30-25(31)27(28-26(32)33-20-23-14-8-3-9-15-23)16-24(27)19-29(17-21-10-4-1-5-11-21)18-22-12-6-2-7-13-22/h1-15,24H,16-20H2,(H,28,32)(H,30,31)/t24-,27-/m0/s1. The minimum atomic E-state index is -1.29. The van der Waals surface area contributed by atoms with E-state index in [1.165, 1.54) is 0 Å². The van der Waals surface area contributed by atoms with Crippen LogP contribution in [-0.2, 0) is 29.2 Å². The normalized spacial score (nSPS) is 19.1. The summed E-state index contributed by atoms with van der Waals surface area (Å²) in [6.07, 6.45) is -0.329. The number of amides is 1. The molecule has 2 N–H and O–H groups in total. The molecule has 3 aromatic rings. The molecule has 6 heteroatoms. The van der Waals surface area contributed by atoms with Crippen molar-refractivity contribution in [2.45, 2.75) is 31.7 Å². The van der Waals surface area contributed by atoms with Crippen LogP contribution < -0.4 is 5.32 Å². The molecule has 170 valence electrons. The molecule has 0 radical (unpaired) electrons. The van der Waals surface area contributed by atoms with Crippen LogP contribution >= 0.6 is 0 Å². The first-order valence-electron chi connectivity index (χ1n) is 11.1. The predicted molar refractivity (Wildman–Crippen MR) is 125 cm³/mol. The van der Waals surface area contributed by atoms with Gasteiger partial charge in [-0.1, -0.05) is 91.0 Å². The maximum Gasteiger partial charge on any atom is 0.408 e. The van der Waals surface area contributed by atoms with Gasteiger partial charge in [0.25, 0.3) is 0 Å². The Morgan fingerprint density at radius 1 is 0.848 bits per heavy atom. The molecular formula is C27H28N2O4. The van der Waals surface area contributed by atoms with E-state index in [0.717, 1.165) is 16.7 Å². The average Bonchev–Trinajstić information content (AvgIpc) is 3.52. The average molecular weight is 445 g/mol. The minimum Gasteiger partial charge on any atom is -0.479 e. The first-order chi connectivity index (χ1) is 16.0. The second-order valence-electron chi connectivity index (χ2n) is 8.51. The first-order valence-corrected chi connectivity index (χ1v) is 11.1. The lowest BCUT2D eigenvalue weighted by Crippen LogP contribution is -2.46. The van der Waals surface area contributed by atoms with E-state index >= 15 is 0 Å². The van der Waals surface area contributed by atoms with Gasteiger partial charge in [0.1, 0.15) is 12.1 Å². The maximum atomic E-state index is 12.4. The van der Waals surface area contributed by atoms with Gasteiger partial charge >= 0.3 is 12.1 Å². The lowest BCUT2D eigenvalue weighted by atomic mass is 10.1. The van der Waals surface area contributed by atoms with Crippen LogP contribution in [0.5, 0.6) is 0 Å². The van der Waals surface area contributed by atoms with E-state index in [1.807, 2.05) is 66.7 Å². The van der Waals surface area contributed by atoms with Crippen molar-refractivity contribution in [2.75, 3.05) is 6.54 Å². The Morgan fingerprint density at radius 3 is 1.82 bits per heavy atom. The van der Waals surface area contributed by atoms with Gasteiger partial charge < -0.3 is 15.2 Å². The fourth-order valence-corrected chi connectivity index (χ4v) is 4.14. The molecule has 1 saturated carbocycles. The van der Waals surface area contributed by atoms with Crippen LogP contribution in [-0.4, -0.2) is 34.2 Å². The number of nitrogens with one attached hydrogen (secondary N) is 1. The molecule has 0 bridgehead atoms. The van der Waals surface area contributed by atoms with Gasteiger partial charge in [-0.2, -0.15) is 0 Å². The Morgan fingerprint density at radius 2 is 1.33 bits per heavy atom. The van der Waals surface area contributed by atoms with Crippen LogP contribution in [0, 0.1) is 5.92 Å². The number of benzene rings is 3. The maximum absolute atomic E-state index is 12.4. The van der Waals surface area contributed by atoms with Gasteiger partial charge in [0.15, 0.2) is 0 Å². The number of carboxylic acids is 1. The fourth-order valence-electron chi connectivity index (χ4n) is 4.14. The van der Waals surface area contributed by atoms with Crippen molar-refractivity contribution in [3.63, 3.8) is 0 Å². The highest BCUT2D eigenvalue weighted by Gasteiger charge is 2.62. The zero-order valence-electron chi connectivity index (χ0n) is 18.4. The summed E-state index contributed by atoms with van der Waals surface area (Å²) in [6, 6.07) is 29.5. The van der Waals surface area contributed by atoms with Crippen molar-refractivity contribution in [2.24, 2.45) is 5.92 Å². The Labute approximate surface area is 193 Å². The van der Waals surface area contributed by atoms with E-state index in [-0.39, 0.29) is 12.5 Å². The van der Waals surface area contributed by atoms with E-state index in [9.17, 15) is 14.7 Å². The van der Waals surface area contributed by atoms with Crippen LogP contribution in [0.1, 0.15) is 23.1 Å². The van der Waals surface area contributed by atoms with Gasteiger partial charge in [-0.25, -0.2) is 9.59 Å². The van der Waals surface area contributed by atoms with Gasteiger partial charge in [0.05, 0.1) is 0 Å². The molecule has 0 aliphatic heterocycles. The van der Waals surface area contributed by atoms with Crippen LogP contribution in [0.15, 0.2) is 91.0 Å². The zero-order chi connectivity index (χ0) is 23.1. The second-order valence-corrected chi connectivity index (χ2v) is 8.51. The van der Waals surface area contributed by atoms with Gasteiger partial charge in [-0.15, -0.1) is 0 Å². The van der Waals surface area contributed by atoms with Gasteiger partial charge in [0.2, 0.25) is 0 Å². The Hall–Kier alpha value is -3.64.